The van der Waals surface area contributed by atoms with Crippen LogP contribution in [0.1, 0.15) is 12.8 Å². The molecule has 4 heteroatoms. The van der Waals surface area contributed by atoms with E-state index in [-0.39, 0.29) is 6.10 Å². The zero-order valence-corrected chi connectivity index (χ0v) is 9.37. The number of halogens is 1. The molecule has 1 unspecified atom stereocenters. The number of hydrogen-bond donors (Lipinski definition) is 0. The molecule has 0 bridgehead atoms. The van der Waals surface area contributed by atoms with Crippen molar-refractivity contribution in [1.82, 2.24) is 4.98 Å². The normalized spacial score (nSPS) is 21.9. The molecule has 1 fully saturated rings. The summed E-state index contributed by atoms with van der Waals surface area (Å²) in [6, 6.07) is 1.92. The summed E-state index contributed by atoms with van der Waals surface area (Å²) < 4.78 is 12.0. The number of rotatable bonds is 2. The summed E-state index contributed by atoms with van der Waals surface area (Å²) in [4.78, 5) is 4.04. The Kier molecular flexibility index (Phi) is 3.37. The van der Waals surface area contributed by atoms with Crippen LogP contribution < -0.4 is 4.74 Å². The number of hydrogen-bond acceptors (Lipinski definition) is 3. The van der Waals surface area contributed by atoms with Gasteiger partial charge < -0.3 is 9.47 Å². The van der Waals surface area contributed by atoms with Crippen molar-refractivity contribution in [2.45, 2.75) is 18.9 Å². The molecule has 0 radical (unpaired) electrons. The van der Waals surface area contributed by atoms with Crippen molar-refractivity contribution in [3.8, 4) is 5.75 Å². The Hall–Kier alpha value is -0.610. The summed E-state index contributed by atoms with van der Waals surface area (Å²) in [5.74, 6) is 0.801. The summed E-state index contributed by atoms with van der Waals surface area (Å²) in [6.07, 6.45) is 5.78. The third-order valence-electron chi connectivity index (χ3n) is 2.10. The van der Waals surface area contributed by atoms with Crippen LogP contribution in [0.15, 0.2) is 22.9 Å². The predicted molar refractivity (Wildman–Crippen MR) is 56.4 cm³/mol. The second kappa shape index (κ2) is 4.75. The van der Waals surface area contributed by atoms with Crippen molar-refractivity contribution >= 4 is 15.9 Å². The van der Waals surface area contributed by atoms with Gasteiger partial charge in [-0.1, -0.05) is 0 Å². The minimum Gasteiger partial charge on any atom is -0.486 e. The van der Waals surface area contributed by atoms with E-state index in [9.17, 15) is 0 Å². The maximum atomic E-state index is 5.72. The Morgan fingerprint density at radius 1 is 1.50 bits per heavy atom. The smallest absolute Gasteiger partial charge is 0.139 e. The molecule has 3 nitrogen and oxygen atoms in total. The second-order valence-corrected chi connectivity index (χ2v) is 4.21. The molecule has 0 aliphatic carbocycles. The Labute approximate surface area is 91.6 Å². The molecule has 1 atom stereocenters. The summed E-state index contributed by atoms with van der Waals surface area (Å²) in [6.45, 7) is 1.54. The van der Waals surface area contributed by atoms with Crippen LogP contribution in [0.4, 0.5) is 0 Å². The number of nitrogens with zero attached hydrogens (tertiary/aromatic N) is 1. The van der Waals surface area contributed by atoms with Gasteiger partial charge in [-0.25, -0.2) is 0 Å². The van der Waals surface area contributed by atoms with E-state index in [1.807, 2.05) is 6.07 Å². The number of aromatic nitrogens is 1. The van der Waals surface area contributed by atoms with Gasteiger partial charge in [-0.2, -0.15) is 0 Å². The number of ether oxygens (including phenoxy) is 2. The summed E-state index contributed by atoms with van der Waals surface area (Å²) in [5.41, 5.74) is 0. The van der Waals surface area contributed by atoms with Gasteiger partial charge in [0.25, 0.3) is 0 Å². The van der Waals surface area contributed by atoms with Crippen LogP contribution in [0.2, 0.25) is 0 Å². The quantitative estimate of drug-likeness (QED) is 0.816. The van der Waals surface area contributed by atoms with E-state index < -0.39 is 0 Å². The van der Waals surface area contributed by atoms with Gasteiger partial charge in [0.2, 0.25) is 0 Å². The zero-order valence-electron chi connectivity index (χ0n) is 7.78. The highest BCUT2D eigenvalue weighted by Crippen LogP contribution is 2.19. The van der Waals surface area contributed by atoms with E-state index in [1.165, 1.54) is 0 Å². The Bertz CT molecular complexity index is 300. The topological polar surface area (TPSA) is 31.4 Å². The first-order valence-corrected chi connectivity index (χ1v) is 5.49. The first kappa shape index (κ1) is 9.93. The third-order valence-corrected chi connectivity index (χ3v) is 2.53. The lowest BCUT2D eigenvalue weighted by Crippen LogP contribution is -2.28. The number of pyridine rings is 1. The fourth-order valence-electron chi connectivity index (χ4n) is 1.45. The molecule has 0 spiro atoms. The molecule has 1 saturated heterocycles. The molecule has 0 amide bonds. The molecule has 0 N–H and O–H groups in total. The van der Waals surface area contributed by atoms with Crippen molar-refractivity contribution in [3.63, 3.8) is 0 Å². The third kappa shape index (κ3) is 2.69. The minimum atomic E-state index is 0.180. The SMILES string of the molecule is Brc1cncc(OC2CCCOC2)c1. The molecule has 0 saturated carbocycles. The molecule has 0 aromatic carbocycles. The van der Waals surface area contributed by atoms with Gasteiger partial charge >= 0.3 is 0 Å². The molecule has 1 aromatic heterocycles. The molecular formula is C10H12BrNO2. The zero-order chi connectivity index (χ0) is 9.80. The molecule has 1 aliphatic rings. The van der Waals surface area contributed by atoms with E-state index in [4.69, 9.17) is 9.47 Å². The second-order valence-electron chi connectivity index (χ2n) is 3.30. The van der Waals surface area contributed by atoms with Crippen LogP contribution in [0, 0.1) is 0 Å². The van der Waals surface area contributed by atoms with E-state index in [0.717, 1.165) is 29.7 Å². The molecule has 1 aliphatic heterocycles. The highest BCUT2D eigenvalue weighted by molar-refractivity contribution is 9.10. The van der Waals surface area contributed by atoms with Crippen LogP contribution in [-0.2, 0) is 4.74 Å². The van der Waals surface area contributed by atoms with Crippen LogP contribution in [0.5, 0.6) is 5.75 Å². The lowest BCUT2D eigenvalue weighted by Gasteiger charge is -2.23. The Morgan fingerprint density at radius 2 is 2.43 bits per heavy atom. The Morgan fingerprint density at radius 3 is 3.14 bits per heavy atom. The molecular weight excluding hydrogens is 246 g/mol. The van der Waals surface area contributed by atoms with Crippen LogP contribution in [0.25, 0.3) is 0 Å². The summed E-state index contributed by atoms with van der Waals surface area (Å²) in [5, 5.41) is 0. The van der Waals surface area contributed by atoms with E-state index in [1.54, 1.807) is 12.4 Å². The minimum absolute atomic E-state index is 0.180. The van der Waals surface area contributed by atoms with E-state index in [2.05, 4.69) is 20.9 Å². The molecule has 14 heavy (non-hydrogen) atoms. The van der Waals surface area contributed by atoms with Crippen LogP contribution in [0.3, 0.4) is 0 Å². The van der Waals surface area contributed by atoms with Gasteiger partial charge in [-0.05, 0) is 34.8 Å². The molecule has 1 aromatic rings. The van der Waals surface area contributed by atoms with Crippen molar-refractivity contribution in [2.24, 2.45) is 0 Å². The van der Waals surface area contributed by atoms with Crippen molar-refractivity contribution < 1.29 is 9.47 Å². The monoisotopic (exact) mass is 257 g/mol. The molecule has 2 heterocycles. The van der Waals surface area contributed by atoms with E-state index >= 15 is 0 Å². The van der Waals surface area contributed by atoms with Gasteiger partial charge in [0, 0.05) is 17.3 Å². The van der Waals surface area contributed by atoms with Gasteiger partial charge in [0.05, 0.1) is 12.8 Å². The first-order valence-electron chi connectivity index (χ1n) is 4.69. The standard InChI is InChI=1S/C10H12BrNO2/c11-8-4-10(6-12-5-8)14-9-2-1-3-13-7-9/h4-6,9H,1-3,7H2. The maximum Gasteiger partial charge on any atom is 0.139 e. The molecule has 76 valence electrons. The van der Waals surface area contributed by atoms with Crippen molar-refractivity contribution in [2.75, 3.05) is 13.2 Å². The first-order chi connectivity index (χ1) is 6.84. The fraction of sp³-hybridized carbons (Fsp3) is 0.500. The summed E-state index contributed by atoms with van der Waals surface area (Å²) >= 11 is 3.35. The van der Waals surface area contributed by atoms with Crippen molar-refractivity contribution in [3.05, 3.63) is 22.9 Å². The maximum absolute atomic E-state index is 5.72. The van der Waals surface area contributed by atoms with Crippen LogP contribution in [-0.4, -0.2) is 24.3 Å². The summed E-state index contributed by atoms with van der Waals surface area (Å²) in [7, 11) is 0. The highest BCUT2D eigenvalue weighted by Gasteiger charge is 2.15. The predicted octanol–water partition coefficient (Wildman–Crippen LogP) is 2.40. The fourth-order valence-corrected chi connectivity index (χ4v) is 1.80. The average molecular weight is 258 g/mol. The van der Waals surface area contributed by atoms with E-state index in [0.29, 0.717) is 6.61 Å². The van der Waals surface area contributed by atoms with Gasteiger partial charge in [0.15, 0.2) is 0 Å². The lowest BCUT2D eigenvalue weighted by molar-refractivity contribution is 0.00726. The Balaban J connectivity index is 1.95. The van der Waals surface area contributed by atoms with Crippen LogP contribution >= 0.6 is 15.9 Å². The van der Waals surface area contributed by atoms with Gasteiger partial charge in [-0.15, -0.1) is 0 Å². The molecule has 2 rings (SSSR count). The lowest BCUT2D eigenvalue weighted by atomic mass is 10.2. The average Bonchev–Trinajstić information content (AvgIpc) is 2.19. The largest absolute Gasteiger partial charge is 0.486 e. The van der Waals surface area contributed by atoms with Crippen molar-refractivity contribution in [1.29, 1.82) is 0 Å². The van der Waals surface area contributed by atoms with Gasteiger partial charge in [0.1, 0.15) is 11.9 Å². The highest BCUT2D eigenvalue weighted by atomic mass is 79.9. The van der Waals surface area contributed by atoms with Gasteiger partial charge in [-0.3, -0.25) is 4.98 Å².